The van der Waals surface area contributed by atoms with Gasteiger partial charge in [0.25, 0.3) is 0 Å². The zero-order valence-corrected chi connectivity index (χ0v) is 15.4. The number of carbonyl (C=O) groups excluding carboxylic acids is 2. The molecule has 4 nitrogen and oxygen atoms in total. The first kappa shape index (κ1) is 18.4. The number of rotatable bonds is 4. The number of carbonyl (C=O) groups is 2. The molecule has 3 rings (SSSR count). The van der Waals surface area contributed by atoms with Crippen LogP contribution in [0.1, 0.15) is 48.5 Å². The topological polar surface area (TPSA) is 74.6 Å². The molecule has 0 spiro atoms. The van der Waals surface area contributed by atoms with Gasteiger partial charge in [0.1, 0.15) is 11.5 Å². The number of aromatic hydroxyl groups is 2. The Morgan fingerprint density at radius 1 is 0.667 bits per heavy atom. The van der Waals surface area contributed by atoms with E-state index < -0.39 is 11.6 Å². The van der Waals surface area contributed by atoms with Gasteiger partial charge in [0.2, 0.25) is 0 Å². The van der Waals surface area contributed by atoms with Crippen LogP contribution in [0.25, 0.3) is 0 Å². The Morgan fingerprint density at radius 3 is 1.44 bits per heavy atom. The number of aryl methyl sites for hydroxylation is 2. The van der Waals surface area contributed by atoms with E-state index >= 15 is 0 Å². The van der Waals surface area contributed by atoms with Crippen molar-refractivity contribution in [3.63, 3.8) is 0 Å². The van der Waals surface area contributed by atoms with Crippen LogP contribution in [0.4, 0.5) is 0 Å². The van der Waals surface area contributed by atoms with E-state index in [1.54, 1.807) is 36.4 Å². The number of phenols is 2. The van der Waals surface area contributed by atoms with E-state index in [1.807, 2.05) is 26.0 Å². The third kappa shape index (κ3) is 3.47. The van der Waals surface area contributed by atoms with Gasteiger partial charge in [-0.2, -0.15) is 0 Å². The highest BCUT2D eigenvalue weighted by molar-refractivity contribution is 6.16. The Balaban J connectivity index is 2.14. The first-order chi connectivity index (χ1) is 12.8. The molecule has 0 aromatic heterocycles. The summed E-state index contributed by atoms with van der Waals surface area (Å²) in [6, 6.07) is 15.2. The van der Waals surface area contributed by atoms with Crippen molar-refractivity contribution in [1.82, 2.24) is 0 Å². The van der Waals surface area contributed by atoms with Crippen molar-refractivity contribution in [2.45, 2.75) is 20.8 Å². The summed E-state index contributed by atoms with van der Waals surface area (Å²) < 4.78 is 0. The van der Waals surface area contributed by atoms with Gasteiger partial charge in [0.05, 0.1) is 11.1 Å². The predicted octanol–water partition coefficient (Wildman–Crippen LogP) is 4.49. The summed E-state index contributed by atoms with van der Waals surface area (Å²) >= 11 is 0. The lowest BCUT2D eigenvalue weighted by Crippen LogP contribution is -2.08. The molecule has 0 aliphatic rings. The van der Waals surface area contributed by atoms with Crippen LogP contribution in [0.15, 0.2) is 54.6 Å². The Morgan fingerprint density at radius 2 is 1.07 bits per heavy atom. The SMILES string of the molecule is Cc1cccc(C(=O)c2cc(C(=O)c3cccc(C)c3)c(O)c(C)c2O)c1. The van der Waals surface area contributed by atoms with Crippen LogP contribution in [0, 0.1) is 20.8 Å². The first-order valence-electron chi connectivity index (χ1n) is 8.58. The second kappa shape index (κ2) is 7.08. The fraction of sp³-hybridized carbons (Fsp3) is 0.130. The smallest absolute Gasteiger partial charge is 0.196 e. The summed E-state index contributed by atoms with van der Waals surface area (Å²) in [6.45, 7) is 5.21. The van der Waals surface area contributed by atoms with Crippen molar-refractivity contribution in [1.29, 1.82) is 0 Å². The minimum atomic E-state index is -0.405. The molecule has 0 amide bonds. The lowest BCUT2D eigenvalue weighted by molar-refractivity contribution is 0.103. The van der Waals surface area contributed by atoms with Gasteiger partial charge < -0.3 is 10.2 Å². The fourth-order valence-electron chi connectivity index (χ4n) is 3.03. The van der Waals surface area contributed by atoms with Gasteiger partial charge in [0.15, 0.2) is 11.6 Å². The van der Waals surface area contributed by atoms with Gasteiger partial charge >= 0.3 is 0 Å². The minimum Gasteiger partial charge on any atom is -0.507 e. The molecule has 3 aromatic rings. The number of hydrogen-bond acceptors (Lipinski definition) is 4. The first-order valence-corrected chi connectivity index (χ1v) is 8.58. The molecule has 0 unspecified atom stereocenters. The van der Waals surface area contributed by atoms with E-state index in [-0.39, 0.29) is 28.2 Å². The highest BCUT2D eigenvalue weighted by atomic mass is 16.3. The van der Waals surface area contributed by atoms with Crippen LogP contribution in [-0.4, -0.2) is 21.8 Å². The lowest BCUT2D eigenvalue weighted by Gasteiger charge is -2.13. The Hall–Kier alpha value is -3.40. The molecule has 0 fully saturated rings. The van der Waals surface area contributed by atoms with Crippen LogP contribution in [0.2, 0.25) is 0 Å². The summed E-state index contributed by atoms with van der Waals surface area (Å²) in [5.74, 6) is -1.45. The molecule has 0 bridgehead atoms. The molecule has 0 atom stereocenters. The van der Waals surface area contributed by atoms with E-state index in [4.69, 9.17) is 0 Å². The molecule has 3 aromatic carbocycles. The Labute approximate surface area is 157 Å². The quantitative estimate of drug-likeness (QED) is 0.673. The second-order valence-corrected chi connectivity index (χ2v) is 6.69. The maximum atomic E-state index is 12.9. The molecular formula is C23H20O4. The largest absolute Gasteiger partial charge is 0.507 e. The summed E-state index contributed by atoms with van der Waals surface area (Å²) in [7, 11) is 0. The highest BCUT2D eigenvalue weighted by Gasteiger charge is 2.24. The Bertz CT molecular complexity index is 982. The van der Waals surface area contributed by atoms with Crippen LogP contribution in [0.5, 0.6) is 11.5 Å². The number of ketones is 2. The maximum Gasteiger partial charge on any atom is 0.196 e. The van der Waals surface area contributed by atoms with E-state index in [1.165, 1.54) is 13.0 Å². The van der Waals surface area contributed by atoms with E-state index in [0.29, 0.717) is 11.1 Å². The molecule has 0 saturated carbocycles. The van der Waals surface area contributed by atoms with Crippen molar-refractivity contribution in [3.8, 4) is 11.5 Å². The van der Waals surface area contributed by atoms with Gasteiger partial charge in [-0.25, -0.2) is 0 Å². The van der Waals surface area contributed by atoms with Crippen molar-refractivity contribution in [2.75, 3.05) is 0 Å². The summed E-state index contributed by atoms with van der Waals surface area (Å²) in [4.78, 5) is 25.8. The minimum absolute atomic E-state index is 0.00750. The van der Waals surface area contributed by atoms with Gasteiger partial charge in [-0.05, 0) is 39.0 Å². The Kier molecular flexibility index (Phi) is 4.82. The molecule has 0 heterocycles. The monoisotopic (exact) mass is 360 g/mol. The molecule has 2 N–H and O–H groups in total. The standard InChI is InChI=1S/C23H20O4/c1-13-6-4-8-16(10-13)22(26)18-12-19(21(25)15(3)20(18)24)23(27)17-9-5-7-14(2)11-17/h4-12,24-25H,1-3H3. The van der Waals surface area contributed by atoms with Gasteiger partial charge in [-0.1, -0.05) is 47.5 Å². The molecule has 0 aliphatic carbocycles. The van der Waals surface area contributed by atoms with Crippen LogP contribution in [0.3, 0.4) is 0 Å². The normalized spacial score (nSPS) is 10.6. The zero-order chi connectivity index (χ0) is 19.7. The molecule has 27 heavy (non-hydrogen) atoms. The van der Waals surface area contributed by atoms with Crippen molar-refractivity contribution in [2.24, 2.45) is 0 Å². The number of benzene rings is 3. The van der Waals surface area contributed by atoms with E-state index in [2.05, 4.69) is 0 Å². The highest BCUT2D eigenvalue weighted by Crippen LogP contribution is 2.36. The zero-order valence-electron chi connectivity index (χ0n) is 15.4. The molecule has 0 aliphatic heterocycles. The fourth-order valence-corrected chi connectivity index (χ4v) is 3.03. The van der Waals surface area contributed by atoms with Crippen molar-refractivity contribution >= 4 is 11.6 Å². The summed E-state index contributed by atoms with van der Waals surface area (Å²) in [5.41, 5.74) is 2.72. The average molecular weight is 360 g/mol. The number of phenolic OH excluding ortho intramolecular Hbond substituents is 2. The van der Waals surface area contributed by atoms with E-state index in [0.717, 1.165) is 11.1 Å². The van der Waals surface area contributed by atoms with Gasteiger partial charge in [-0.15, -0.1) is 0 Å². The molecule has 136 valence electrons. The van der Waals surface area contributed by atoms with Crippen molar-refractivity contribution < 1.29 is 19.8 Å². The molecule has 0 saturated heterocycles. The molecule has 4 heteroatoms. The van der Waals surface area contributed by atoms with E-state index in [9.17, 15) is 19.8 Å². The molecular weight excluding hydrogens is 340 g/mol. The molecule has 0 radical (unpaired) electrons. The van der Waals surface area contributed by atoms with Crippen LogP contribution < -0.4 is 0 Å². The summed E-state index contributed by atoms with van der Waals surface area (Å²) in [5, 5.41) is 20.8. The maximum absolute atomic E-state index is 12.9. The van der Waals surface area contributed by atoms with Gasteiger partial charge in [-0.3, -0.25) is 9.59 Å². The summed E-state index contributed by atoms with van der Waals surface area (Å²) in [6.07, 6.45) is 0. The predicted molar refractivity (Wildman–Crippen MR) is 104 cm³/mol. The second-order valence-electron chi connectivity index (χ2n) is 6.69. The van der Waals surface area contributed by atoms with Crippen LogP contribution in [-0.2, 0) is 0 Å². The van der Waals surface area contributed by atoms with Crippen molar-refractivity contribution in [3.05, 3.63) is 93.5 Å². The lowest BCUT2D eigenvalue weighted by atomic mass is 9.92. The van der Waals surface area contributed by atoms with Crippen LogP contribution >= 0.6 is 0 Å². The third-order valence-corrected chi connectivity index (χ3v) is 4.56. The number of hydrogen-bond donors (Lipinski definition) is 2. The third-order valence-electron chi connectivity index (χ3n) is 4.56. The van der Waals surface area contributed by atoms with Gasteiger partial charge in [0, 0.05) is 16.7 Å². The average Bonchev–Trinajstić information content (AvgIpc) is 2.65.